The van der Waals surface area contributed by atoms with Crippen LogP contribution in [-0.2, 0) is 25.8 Å². The topological polar surface area (TPSA) is 89.6 Å². The Morgan fingerprint density at radius 3 is 2.86 bits per heavy atom. The van der Waals surface area contributed by atoms with Crippen LogP contribution in [0.5, 0.6) is 0 Å². The minimum absolute atomic E-state index is 0.135. The van der Waals surface area contributed by atoms with Crippen molar-refractivity contribution in [3.63, 3.8) is 0 Å². The van der Waals surface area contributed by atoms with E-state index in [1.54, 1.807) is 17.7 Å². The van der Waals surface area contributed by atoms with Crippen molar-refractivity contribution in [2.75, 3.05) is 0 Å². The Kier molecular flexibility index (Phi) is 4.40. The molecule has 148 valence electrons. The molecule has 4 rings (SSSR count). The van der Waals surface area contributed by atoms with Crippen molar-refractivity contribution >= 4 is 0 Å². The van der Waals surface area contributed by atoms with Gasteiger partial charge in [-0.1, -0.05) is 12.1 Å². The highest BCUT2D eigenvalue weighted by molar-refractivity contribution is 5.62. The highest BCUT2D eigenvalue weighted by Crippen LogP contribution is 2.37. The Morgan fingerprint density at radius 2 is 2.14 bits per heavy atom. The van der Waals surface area contributed by atoms with E-state index in [0.717, 1.165) is 5.56 Å². The van der Waals surface area contributed by atoms with Crippen LogP contribution in [-0.4, -0.2) is 30.8 Å². The number of hydrogen-bond acceptors (Lipinski definition) is 5. The van der Waals surface area contributed by atoms with E-state index in [9.17, 15) is 13.6 Å². The molecule has 0 saturated carbocycles. The Bertz CT molecular complexity index is 1100. The summed E-state index contributed by atoms with van der Waals surface area (Å²) in [7, 11) is 0. The SMILES string of the molecule is CCc1cc(-c2noc(-c3nn(CC)c4c3CCC(F)(F)C4)n2)c(C)[nH]c1=O. The number of aromatic amines is 1. The van der Waals surface area contributed by atoms with Crippen LogP contribution >= 0.6 is 0 Å². The third kappa shape index (κ3) is 3.04. The Balaban J connectivity index is 1.78. The van der Waals surface area contributed by atoms with Crippen LogP contribution in [0.2, 0.25) is 0 Å². The van der Waals surface area contributed by atoms with Gasteiger partial charge in [0.2, 0.25) is 5.82 Å². The molecule has 9 heteroatoms. The first-order chi connectivity index (χ1) is 13.3. The summed E-state index contributed by atoms with van der Waals surface area (Å²) < 4.78 is 34.7. The molecule has 0 aromatic carbocycles. The molecule has 0 fully saturated rings. The summed E-state index contributed by atoms with van der Waals surface area (Å²) in [5, 5.41) is 8.49. The van der Waals surface area contributed by atoms with E-state index in [1.807, 2.05) is 13.8 Å². The molecule has 1 aliphatic carbocycles. The number of nitrogens with one attached hydrogen (secondary N) is 1. The fraction of sp³-hybridized carbons (Fsp3) is 0.474. The summed E-state index contributed by atoms with van der Waals surface area (Å²) in [5.74, 6) is -2.19. The lowest BCUT2D eigenvalue weighted by atomic mass is 9.92. The van der Waals surface area contributed by atoms with E-state index >= 15 is 0 Å². The molecule has 0 spiro atoms. The van der Waals surface area contributed by atoms with Gasteiger partial charge in [0.1, 0.15) is 0 Å². The predicted octanol–water partition coefficient (Wildman–Crippen LogP) is 3.30. The van der Waals surface area contributed by atoms with Gasteiger partial charge < -0.3 is 9.51 Å². The largest absolute Gasteiger partial charge is 0.332 e. The molecule has 3 aromatic heterocycles. The van der Waals surface area contributed by atoms with Gasteiger partial charge in [-0.25, -0.2) is 8.78 Å². The average molecular weight is 389 g/mol. The number of aryl methyl sites for hydroxylation is 3. The van der Waals surface area contributed by atoms with Crippen molar-refractivity contribution in [1.29, 1.82) is 0 Å². The van der Waals surface area contributed by atoms with Crippen molar-refractivity contribution in [1.82, 2.24) is 24.9 Å². The molecule has 3 aromatic rings. The second-order valence-corrected chi connectivity index (χ2v) is 7.06. The summed E-state index contributed by atoms with van der Waals surface area (Å²) in [5.41, 5.74) is 3.53. The lowest BCUT2D eigenvalue weighted by Gasteiger charge is -2.22. The Hall–Kier alpha value is -2.84. The molecule has 1 aliphatic rings. The number of rotatable bonds is 4. The average Bonchev–Trinajstić information content (AvgIpc) is 3.25. The molecule has 0 aliphatic heterocycles. The predicted molar refractivity (Wildman–Crippen MR) is 98.3 cm³/mol. The lowest BCUT2D eigenvalue weighted by molar-refractivity contribution is -0.0141. The van der Waals surface area contributed by atoms with Crippen LogP contribution in [0.4, 0.5) is 8.78 Å². The number of halogens is 2. The van der Waals surface area contributed by atoms with Crippen molar-refractivity contribution < 1.29 is 13.3 Å². The van der Waals surface area contributed by atoms with Gasteiger partial charge in [-0.3, -0.25) is 9.48 Å². The summed E-state index contributed by atoms with van der Waals surface area (Å²) in [6.07, 6.45) is 0.244. The van der Waals surface area contributed by atoms with Crippen LogP contribution in [0.25, 0.3) is 23.0 Å². The van der Waals surface area contributed by atoms with Gasteiger partial charge in [0.25, 0.3) is 17.4 Å². The first-order valence-corrected chi connectivity index (χ1v) is 9.36. The van der Waals surface area contributed by atoms with Gasteiger partial charge in [-0.05, 0) is 32.8 Å². The van der Waals surface area contributed by atoms with Crippen molar-refractivity contribution in [3.05, 3.63) is 38.9 Å². The van der Waals surface area contributed by atoms with Crippen LogP contribution in [0.3, 0.4) is 0 Å². The monoisotopic (exact) mass is 389 g/mol. The maximum atomic E-state index is 13.9. The molecule has 7 nitrogen and oxygen atoms in total. The highest BCUT2D eigenvalue weighted by Gasteiger charge is 2.38. The van der Waals surface area contributed by atoms with Crippen LogP contribution < -0.4 is 5.56 Å². The van der Waals surface area contributed by atoms with E-state index in [2.05, 4.69) is 20.2 Å². The maximum Gasteiger partial charge on any atom is 0.279 e. The van der Waals surface area contributed by atoms with Gasteiger partial charge in [0, 0.05) is 41.0 Å². The molecule has 0 amide bonds. The molecule has 0 unspecified atom stereocenters. The molecule has 1 N–H and O–H groups in total. The van der Waals surface area contributed by atoms with E-state index in [1.165, 1.54) is 0 Å². The van der Waals surface area contributed by atoms with Crippen LogP contribution in [0.1, 0.15) is 42.8 Å². The molecule has 3 heterocycles. The van der Waals surface area contributed by atoms with Crippen LogP contribution in [0.15, 0.2) is 15.4 Å². The second kappa shape index (κ2) is 6.65. The van der Waals surface area contributed by atoms with Gasteiger partial charge in [-0.15, -0.1) is 0 Å². The molecule has 0 radical (unpaired) electrons. The number of nitrogens with zero attached hydrogens (tertiary/aromatic N) is 4. The lowest BCUT2D eigenvalue weighted by Crippen LogP contribution is -2.27. The first kappa shape index (κ1) is 18.5. The van der Waals surface area contributed by atoms with E-state index < -0.39 is 5.92 Å². The zero-order chi connectivity index (χ0) is 20.1. The molecule has 0 bridgehead atoms. The summed E-state index contributed by atoms with van der Waals surface area (Å²) in [4.78, 5) is 19.2. The quantitative estimate of drug-likeness (QED) is 0.739. The van der Waals surface area contributed by atoms with Gasteiger partial charge in [-0.2, -0.15) is 10.1 Å². The minimum Gasteiger partial charge on any atom is -0.332 e. The number of aromatic nitrogens is 5. The van der Waals surface area contributed by atoms with Crippen molar-refractivity contribution in [2.24, 2.45) is 0 Å². The van der Waals surface area contributed by atoms with E-state index in [0.29, 0.717) is 47.0 Å². The number of pyridine rings is 1. The number of fused-ring (bicyclic) bond motifs is 1. The minimum atomic E-state index is -2.72. The summed E-state index contributed by atoms with van der Waals surface area (Å²) in [6, 6.07) is 1.75. The molecular weight excluding hydrogens is 368 g/mol. The third-order valence-electron chi connectivity index (χ3n) is 5.20. The fourth-order valence-corrected chi connectivity index (χ4v) is 3.66. The third-order valence-corrected chi connectivity index (χ3v) is 5.20. The Morgan fingerprint density at radius 1 is 1.36 bits per heavy atom. The van der Waals surface area contributed by atoms with Crippen molar-refractivity contribution in [2.45, 2.75) is 58.9 Å². The van der Waals surface area contributed by atoms with Crippen molar-refractivity contribution in [3.8, 4) is 23.0 Å². The molecule has 28 heavy (non-hydrogen) atoms. The fourth-order valence-electron chi connectivity index (χ4n) is 3.66. The standard InChI is InChI=1S/C19H21F2N5O2/c1-4-11-8-13(10(3)22-17(11)27)16-23-18(28-25-16)15-12-6-7-19(20,21)9-14(12)26(5-2)24-15/h8H,4-7,9H2,1-3H3,(H,22,27). The zero-order valence-electron chi connectivity index (χ0n) is 16.0. The first-order valence-electron chi connectivity index (χ1n) is 9.36. The zero-order valence-corrected chi connectivity index (χ0v) is 16.0. The number of H-pyrrole nitrogens is 1. The smallest absolute Gasteiger partial charge is 0.279 e. The molecule has 0 atom stereocenters. The second-order valence-electron chi connectivity index (χ2n) is 7.06. The molecular formula is C19H21F2N5O2. The van der Waals surface area contributed by atoms with Gasteiger partial charge in [0.05, 0.1) is 6.42 Å². The number of hydrogen-bond donors (Lipinski definition) is 1. The highest BCUT2D eigenvalue weighted by atomic mass is 19.3. The van der Waals surface area contributed by atoms with Crippen LogP contribution in [0, 0.1) is 6.92 Å². The van der Waals surface area contributed by atoms with E-state index in [-0.39, 0.29) is 30.7 Å². The van der Waals surface area contributed by atoms with Gasteiger partial charge >= 0.3 is 0 Å². The maximum absolute atomic E-state index is 13.9. The number of alkyl halides is 2. The normalized spacial score (nSPS) is 15.6. The van der Waals surface area contributed by atoms with E-state index in [4.69, 9.17) is 4.52 Å². The summed E-state index contributed by atoms with van der Waals surface area (Å²) >= 11 is 0. The Labute approximate surface area is 159 Å². The molecule has 0 saturated heterocycles. The summed E-state index contributed by atoms with van der Waals surface area (Å²) in [6.45, 7) is 6.00. The van der Waals surface area contributed by atoms with Gasteiger partial charge in [0.15, 0.2) is 5.69 Å².